The van der Waals surface area contributed by atoms with E-state index in [-0.39, 0.29) is 18.1 Å². The molecule has 5 nitrogen and oxygen atoms in total. The van der Waals surface area contributed by atoms with Crippen LogP contribution in [0.3, 0.4) is 0 Å². The van der Waals surface area contributed by atoms with E-state index in [0.29, 0.717) is 18.7 Å². The monoisotopic (exact) mass is 260 g/mol. The van der Waals surface area contributed by atoms with Crippen LogP contribution in [0.4, 0.5) is 0 Å². The van der Waals surface area contributed by atoms with Gasteiger partial charge >= 0.3 is 0 Å². The highest BCUT2D eigenvalue weighted by atomic mass is 16.5. The normalized spacial score (nSPS) is 15.5. The van der Waals surface area contributed by atoms with E-state index in [0.717, 1.165) is 11.3 Å². The number of ketones is 1. The molecule has 5 heteroatoms. The summed E-state index contributed by atoms with van der Waals surface area (Å²) in [5, 5.41) is 5.48. The summed E-state index contributed by atoms with van der Waals surface area (Å²) in [4.78, 5) is 23.3. The summed E-state index contributed by atoms with van der Waals surface area (Å²) in [5.41, 5.74) is 1.41. The maximum absolute atomic E-state index is 11.8. The van der Waals surface area contributed by atoms with Crippen LogP contribution < -0.4 is 4.74 Å². The molecule has 0 N–H and O–H groups in total. The molecule has 0 atom stereocenters. The first kappa shape index (κ1) is 13.3. The summed E-state index contributed by atoms with van der Waals surface area (Å²) in [6, 6.07) is 7.42. The third kappa shape index (κ3) is 2.99. The number of nitrogens with zero attached hydrogens (tertiary/aromatic N) is 2. The van der Waals surface area contributed by atoms with E-state index >= 15 is 0 Å². The van der Waals surface area contributed by atoms with Gasteiger partial charge in [0.1, 0.15) is 11.5 Å². The summed E-state index contributed by atoms with van der Waals surface area (Å²) >= 11 is 0. The van der Waals surface area contributed by atoms with E-state index in [4.69, 9.17) is 4.74 Å². The van der Waals surface area contributed by atoms with Gasteiger partial charge in [-0.25, -0.2) is 5.01 Å². The second kappa shape index (κ2) is 5.65. The van der Waals surface area contributed by atoms with Crippen molar-refractivity contribution in [1.29, 1.82) is 0 Å². The van der Waals surface area contributed by atoms with Crippen molar-refractivity contribution in [3.8, 4) is 5.75 Å². The summed E-state index contributed by atoms with van der Waals surface area (Å²) in [5.74, 6) is 0.346. The average Bonchev–Trinajstić information content (AvgIpc) is 2.42. The molecule has 1 aliphatic rings. The van der Waals surface area contributed by atoms with Crippen molar-refractivity contribution in [2.24, 2.45) is 5.10 Å². The SMILES string of the molecule is CCC1=NN(Cc2ccc(OC)cc2)C(=O)CC1=O. The van der Waals surface area contributed by atoms with Crippen molar-refractivity contribution in [3.63, 3.8) is 0 Å². The molecule has 0 fully saturated rings. The predicted octanol–water partition coefficient (Wildman–Crippen LogP) is 1.76. The predicted molar refractivity (Wildman–Crippen MR) is 70.9 cm³/mol. The second-order valence-corrected chi connectivity index (χ2v) is 4.30. The van der Waals surface area contributed by atoms with Crippen molar-refractivity contribution in [2.75, 3.05) is 7.11 Å². The van der Waals surface area contributed by atoms with Gasteiger partial charge in [0.25, 0.3) is 5.91 Å². The minimum Gasteiger partial charge on any atom is -0.497 e. The van der Waals surface area contributed by atoms with Crippen LogP contribution in [0.25, 0.3) is 0 Å². The number of hydrogen-bond donors (Lipinski definition) is 0. The molecule has 19 heavy (non-hydrogen) atoms. The fourth-order valence-corrected chi connectivity index (χ4v) is 1.88. The number of benzene rings is 1. The second-order valence-electron chi connectivity index (χ2n) is 4.30. The lowest BCUT2D eigenvalue weighted by Gasteiger charge is -2.22. The lowest BCUT2D eigenvalue weighted by atomic mass is 10.1. The topological polar surface area (TPSA) is 59.0 Å². The van der Waals surface area contributed by atoms with Crippen LogP contribution in [-0.4, -0.2) is 29.5 Å². The molecule has 0 saturated heterocycles. The van der Waals surface area contributed by atoms with Gasteiger partial charge < -0.3 is 4.74 Å². The van der Waals surface area contributed by atoms with E-state index in [1.165, 1.54) is 5.01 Å². The van der Waals surface area contributed by atoms with E-state index < -0.39 is 0 Å². The molecule has 0 spiro atoms. The number of methoxy groups -OCH3 is 1. The Kier molecular flexibility index (Phi) is 3.94. The summed E-state index contributed by atoms with van der Waals surface area (Å²) in [6.45, 7) is 2.23. The maximum atomic E-state index is 11.8. The fraction of sp³-hybridized carbons (Fsp3) is 0.357. The molecule has 1 aromatic carbocycles. The molecule has 100 valence electrons. The van der Waals surface area contributed by atoms with Crippen LogP contribution in [0.2, 0.25) is 0 Å². The van der Waals surface area contributed by atoms with Crippen LogP contribution in [0.5, 0.6) is 5.75 Å². The van der Waals surface area contributed by atoms with E-state index in [2.05, 4.69) is 5.10 Å². The third-order valence-corrected chi connectivity index (χ3v) is 2.99. The van der Waals surface area contributed by atoms with Gasteiger partial charge in [0, 0.05) is 0 Å². The number of Topliss-reactive ketones (excluding diaryl/α,β-unsaturated/α-hetero) is 1. The highest BCUT2D eigenvalue weighted by molar-refractivity contribution is 6.43. The van der Waals surface area contributed by atoms with Crippen molar-refractivity contribution in [1.82, 2.24) is 5.01 Å². The molecular formula is C14H16N2O3. The van der Waals surface area contributed by atoms with Crippen molar-refractivity contribution >= 4 is 17.4 Å². The molecule has 1 heterocycles. The van der Waals surface area contributed by atoms with Gasteiger partial charge in [-0.3, -0.25) is 9.59 Å². The van der Waals surface area contributed by atoms with Crippen LogP contribution in [-0.2, 0) is 16.1 Å². The van der Waals surface area contributed by atoms with E-state index in [1.54, 1.807) is 7.11 Å². The maximum Gasteiger partial charge on any atom is 0.250 e. The van der Waals surface area contributed by atoms with Crippen LogP contribution in [0, 0.1) is 0 Å². The van der Waals surface area contributed by atoms with Gasteiger partial charge in [-0.2, -0.15) is 5.10 Å². The smallest absolute Gasteiger partial charge is 0.250 e. The van der Waals surface area contributed by atoms with Gasteiger partial charge in [0.15, 0.2) is 5.78 Å². The molecule has 1 aromatic rings. The number of ether oxygens (including phenoxy) is 1. The summed E-state index contributed by atoms with van der Waals surface area (Å²) in [6.07, 6.45) is 0.466. The van der Waals surface area contributed by atoms with Crippen LogP contribution in [0.15, 0.2) is 29.4 Å². The molecule has 0 aliphatic carbocycles. The minimum atomic E-state index is -0.252. The van der Waals surface area contributed by atoms with Crippen molar-refractivity contribution in [2.45, 2.75) is 26.3 Å². The Morgan fingerprint density at radius 1 is 1.26 bits per heavy atom. The number of carbonyl (C=O) groups is 2. The van der Waals surface area contributed by atoms with E-state index in [9.17, 15) is 9.59 Å². The standard InChI is InChI=1S/C14H16N2O3/c1-3-12-13(17)8-14(18)16(15-12)9-10-4-6-11(19-2)7-5-10/h4-7H,3,8-9H2,1-2H3. The number of hydrogen-bond acceptors (Lipinski definition) is 4. The molecule has 0 unspecified atom stereocenters. The van der Waals surface area contributed by atoms with Gasteiger partial charge in [0.2, 0.25) is 0 Å². The fourth-order valence-electron chi connectivity index (χ4n) is 1.88. The Morgan fingerprint density at radius 3 is 2.53 bits per heavy atom. The Labute approximate surface area is 111 Å². The first-order valence-electron chi connectivity index (χ1n) is 6.18. The lowest BCUT2D eigenvalue weighted by molar-refractivity contribution is -0.135. The molecule has 0 saturated carbocycles. The highest BCUT2D eigenvalue weighted by Gasteiger charge is 2.26. The molecule has 0 radical (unpaired) electrons. The number of carbonyl (C=O) groups excluding carboxylic acids is 2. The zero-order valence-corrected chi connectivity index (χ0v) is 11.0. The van der Waals surface area contributed by atoms with Gasteiger partial charge in [-0.1, -0.05) is 19.1 Å². The Balaban J connectivity index is 2.14. The molecule has 0 aromatic heterocycles. The minimum absolute atomic E-state index is 0.0805. The third-order valence-electron chi connectivity index (χ3n) is 2.99. The molecular weight excluding hydrogens is 244 g/mol. The van der Waals surface area contributed by atoms with Gasteiger partial charge in [-0.15, -0.1) is 0 Å². The first-order valence-corrected chi connectivity index (χ1v) is 6.18. The zero-order chi connectivity index (χ0) is 13.8. The Bertz CT molecular complexity index is 520. The average molecular weight is 260 g/mol. The van der Waals surface area contributed by atoms with Gasteiger partial charge in [-0.05, 0) is 24.1 Å². The zero-order valence-electron chi connectivity index (χ0n) is 11.0. The molecule has 0 bridgehead atoms. The molecule has 1 amide bonds. The van der Waals surface area contributed by atoms with Crippen molar-refractivity contribution in [3.05, 3.63) is 29.8 Å². The van der Waals surface area contributed by atoms with Crippen LogP contribution >= 0.6 is 0 Å². The highest BCUT2D eigenvalue weighted by Crippen LogP contribution is 2.16. The Hall–Kier alpha value is -2.17. The molecule has 2 rings (SSSR count). The Morgan fingerprint density at radius 2 is 1.95 bits per heavy atom. The van der Waals surface area contributed by atoms with E-state index in [1.807, 2.05) is 31.2 Å². The summed E-state index contributed by atoms with van der Waals surface area (Å²) < 4.78 is 5.08. The number of amides is 1. The van der Waals surface area contributed by atoms with Gasteiger partial charge in [0.05, 0.1) is 20.1 Å². The van der Waals surface area contributed by atoms with Crippen molar-refractivity contribution < 1.29 is 14.3 Å². The number of hydrazone groups is 1. The first-order chi connectivity index (χ1) is 9.13. The quantitative estimate of drug-likeness (QED) is 0.775. The largest absolute Gasteiger partial charge is 0.497 e. The number of rotatable bonds is 4. The lowest BCUT2D eigenvalue weighted by Crippen LogP contribution is -2.36. The molecule has 1 aliphatic heterocycles. The summed E-state index contributed by atoms with van der Waals surface area (Å²) in [7, 11) is 1.60. The van der Waals surface area contributed by atoms with Crippen LogP contribution in [0.1, 0.15) is 25.3 Å².